The minimum Gasteiger partial charge on any atom is -0.493 e. The lowest BCUT2D eigenvalue weighted by Crippen LogP contribution is -2.31. The van der Waals surface area contributed by atoms with E-state index in [4.69, 9.17) is 14.2 Å². The Morgan fingerprint density at radius 2 is 1.88 bits per heavy atom. The fourth-order valence-electron chi connectivity index (χ4n) is 2.21. The molecule has 0 saturated carbocycles. The highest BCUT2D eigenvalue weighted by Gasteiger charge is 2.19. The van der Waals surface area contributed by atoms with Crippen LogP contribution < -0.4 is 15.0 Å². The molecule has 7 nitrogen and oxygen atoms in total. The Labute approximate surface area is 139 Å². The summed E-state index contributed by atoms with van der Waals surface area (Å²) in [6, 6.07) is 7.46. The van der Waals surface area contributed by atoms with Crippen LogP contribution >= 0.6 is 0 Å². The Kier molecular flexibility index (Phi) is 5.57. The van der Waals surface area contributed by atoms with Gasteiger partial charge in [-0.15, -0.1) is 0 Å². The Balaban J connectivity index is 2.44. The number of ether oxygens (including phenoxy) is 3. The van der Waals surface area contributed by atoms with Crippen LogP contribution in [0.2, 0.25) is 0 Å². The van der Waals surface area contributed by atoms with Gasteiger partial charge in [0.05, 0.1) is 26.5 Å². The Bertz CT molecular complexity index is 785. The third-order valence-corrected chi connectivity index (χ3v) is 3.50. The van der Waals surface area contributed by atoms with Crippen LogP contribution in [0.4, 0.5) is 0 Å². The SMILES string of the molecule is CCOC(=O)C(C)n1nc(-c2ccc(OC)c(OC)c2)ccc1=O. The zero-order chi connectivity index (χ0) is 17.7. The van der Waals surface area contributed by atoms with Gasteiger partial charge in [0.15, 0.2) is 17.5 Å². The second-order valence-corrected chi connectivity index (χ2v) is 5.00. The van der Waals surface area contributed by atoms with E-state index in [0.29, 0.717) is 17.2 Å². The van der Waals surface area contributed by atoms with Crippen molar-refractivity contribution in [3.05, 3.63) is 40.7 Å². The third-order valence-electron chi connectivity index (χ3n) is 3.50. The minimum absolute atomic E-state index is 0.243. The first-order valence-corrected chi connectivity index (χ1v) is 7.50. The van der Waals surface area contributed by atoms with Crippen molar-refractivity contribution in [1.82, 2.24) is 9.78 Å². The van der Waals surface area contributed by atoms with E-state index in [-0.39, 0.29) is 12.2 Å². The molecule has 0 bridgehead atoms. The van der Waals surface area contributed by atoms with E-state index in [1.54, 1.807) is 52.3 Å². The van der Waals surface area contributed by atoms with E-state index in [9.17, 15) is 9.59 Å². The van der Waals surface area contributed by atoms with Crippen molar-refractivity contribution in [1.29, 1.82) is 0 Å². The lowest BCUT2D eigenvalue weighted by molar-refractivity contribution is -0.147. The number of benzene rings is 1. The third kappa shape index (κ3) is 3.56. The van der Waals surface area contributed by atoms with Gasteiger partial charge in [0.1, 0.15) is 0 Å². The van der Waals surface area contributed by atoms with E-state index in [1.807, 2.05) is 0 Å². The summed E-state index contributed by atoms with van der Waals surface area (Å²) in [6.07, 6.45) is 0. The highest BCUT2D eigenvalue weighted by molar-refractivity contribution is 5.73. The molecule has 0 radical (unpaired) electrons. The van der Waals surface area contributed by atoms with Gasteiger partial charge in [-0.05, 0) is 38.1 Å². The van der Waals surface area contributed by atoms with Crippen LogP contribution in [0.15, 0.2) is 35.1 Å². The first-order chi connectivity index (χ1) is 11.5. The summed E-state index contributed by atoms with van der Waals surface area (Å²) in [4.78, 5) is 23.9. The molecule has 0 aliphatic rings. The standard InChI is InChI=1S/C17H20N2O5/c1-5-24-17(21)11(2)19-16(20)9-7-13(18-19)12-6-8-14(22-3)15(10-12)23-4/h6-11H,5H2,1-4H3. The van der Waals surface area contributed by atoms with Gasteiger partial charge in [0.2, 0.25) is 0 Å². The van der Waals surface area contributed by atoms with Gasteiger partial charge < -0.3 is 14.2 Å². The number of methoxy groups -OCH3 is 2. The molecule has 128 valence electrons. The van der Waals surface area contributed by atoms with Gasteiger partial charge in [0, 0.05) is 11.6 Å². The van der Waals surface area contributed by atoms with Crippen molar-refractivity contribution in [3.8, 4) is 22.8 Å². The monoisotopic (exact) mass is 332 g/mol. The summed E-state index contributed by atoms with van der Waals surface area (Å²) in [5.74, 6) is 0.638. The van der Waals surface area contributed by atoms with Crippen LogP contribution in [0.5, 0.6) is 11.5 Å². The van der Waals surface area contributed by atoms with Crippen molar-refractivity contribution < 1.29 is 19.0 Å². The van der Waals surface area contributed by atoms with Gasteiger partial charge >= 0.3 is 5.97 Å². The maximum absolute atomic E-state index is 12.0. The quantitative estimate of drug-likeness (QED) is 0.753. The lowest BCUT2D eigenvalue weighted by atomic mass is 10.1. The van der Waals surface area contributed by atoms with Gasteiger partial charge in [0.25, 0.3) is 5.56 Å². The topological polar surface area (TPSA) is 79.7 Å². The molecule has 0 fully saturated rings. The summed E-state index contributed by atoms with van der Waals surface area (Å²) in [5.41, 5.74) is 0.893. The number of aromatic nitrogens is 2. The number of esters is 1. The molecule has 1 heterocycles. The molecule has 0 amide bonds. The highest BCUT2D eigenvalue weighted by Crippen LogP contribution is 2.31. The van der Waals surface area contributed by atoms with Gasteiger partial charge in [-0.3, -0.25) is 4.79 Å². The van der Waals surface area contributed by atoms with Gasteiger partial charge in [-0.25, -0.2) is 9.48 Å². The number of nitrogens with zero attached hydrogens (tertiary/aromatic N) is 2. The summed E-state index contributed by atoms with van der Waals surface area (Å²) in [5, 5.41) is 4.28. The van der Waals surface area contributed by atoms with E-state index in [0.717, 1.165) is 10.2 Å². The minimum atomic E-state index is -0.808. The molecule has 2 aromatic rings. The van der Waals surface area contributed by atoms with Crippen molar-refractivity contribution >= 4 is 5.97 Å². The van der Waals surface area contributed by atoms with Crippen molar-refractivity contribution in [2.45, 2.75) is 19.9 Å². The van der Waals surface area contributed by atoms with E-state index >= 15 is 0 Å². The normalized spacial score (nSPS) is 11.7. The molecule has 1 atom stereocenters. The van der Waals surface area contributed by atoms with Crippen LogP contribution in [-0.4, -0.2) is 36.6 Å². The predicted octanol–water partition coefficient (Wildman–Crippen LogP) is 2.05. The number of hydrogen-bond acceptors (Lipinski definition) is 6. The fourth-order valence-corrected chi connectivity index (χ4v) is 2.21. The smallest absolute Gasteiger partial charge is 0.330 e. The molecular formula is C17H20N2O5. The molecule has 1 unspecified atom stereocenters. The molecule has 24 heavy (non-hydrogen) atoms. The summed E-state index contributed by atoms with van der Waals surface area (Å²) < 4.78 is 16.5. The molecule has 0 spiro atoms. The van der Waals surface area contributed by atoms with E-state index in [2.05, 4.69) is 5.10 Å². The molecule has 0 saturated heterocycles. The Morgan fingerprint density at radius 1 is 1.17 bits per heavy atom. The predicted molar refractivity (Wildman–Crippen MR) is 88.4 cm³/mol. The molecule has 1 aromatic carbocycles. The summed E-state index contributed by atoms with van der Waals surface area (Å²) in [6.45, 7) is 3.53. The fraction of sp³-hybridized carbons (Fsp3) is 0.353. The molecule has 2 rings (SSSR count). The maximum atomic E-state index is 12.0. The van der Waals surface area contributed by atoms with Crippen LogP contribution in [0.3, 0.4) is 0 Å². The summed E-state index contributed by atoms with van der Waals surface area (Å²) >= 11 is 0. The lowest BCUT2D eigenvalue weighted by Gasteiger charge is -2.14. The number of carbonyl (C=O) groups is 1. The zero-order valence-corrected chi connectivity index (χ0v) is 14.1. The van der Waals surface area contributed by atoms with Crippen LogP contribution in [0.25, 0.3) is 11.3 Å². The first-order valence-electron chi connectivity index (χ1n) is 7.50. The van der Waals surface area contributed by atoms with Crippen LogP contribution in [0, 0.1) is 0 Å². The molecule has 0 aliphatic carbocycles. The molecule has 0 aliphatic heterocycles. The summed E-state index contributed by atoms with van der Waals surface area (Å²) in [7, 11) is 3.09. The number of hydrogen-bond donors (Lipinski definition) is 0. The second kappa shape index (κ2) is 7.63. The average Bonchev–Trinajstić information content (AvgIpc) is 2.61. The highest BCUT2D eigenvalue weighted by atomic mass is 16.5. The molecular weight excluding hydrogens is 312 g/mol. The first kappa shape index (κ1) is 17.5. The Morgan fingerprint density at radius 3 is 2.50 bits per heavy atom. The average molecular weight is 332 g/mol. The molecule has 7 heteroatoms. The van der Waals surface area contributed by atoms with Crippen molar-refractivity contribution in [3.63, 3.8) is 0 Å². The maximum Gasteiger partial charge on any atom is 0.330 e. The van der Waals surface area contributed by atoms with Crippen LogP contribution in [-0.2, 0) is 9.53 Å². The van der Waals surface area contributed by atoms with E-state index in [1.165, 1.54) is 6.07 Å². The Hall–Kier alpha value is -2.83. The second-order valence-electron chi connectivity index (χ2n) is 5.00. The number of rotatable bonds is 6. The van der Waals surface area contributed by atoms with Gasteiger partial charge in [-0.2, -0.15) is 5.10 Å². The number of carbonyl (C=O) groups excluding carboxylic acids is 1. The molecule has 0 N–H and O–H groups in total. The largest absolute Gasteiger partial charge is 0.493 e. The zero-order valence-electron chi connectivity index (χ0n) is 14.1. The van der Waals surface area contributed by atoms with E-state index < -0.39 is 12.0 Å². The van der Waals surface area contributed by atoms with Crippen molar-refractivity contribution in [2.75, 3.05) is 20.8 Å². The van der Waals surface area contributed by atoms with Crippen molar-refractivity contribution in [2.24, 2.45) is 0 Å². The van der Waals surface area contributed by atoms with Gasteiger partial charge in [-0.1, -0.05) is 0 Å². The molecule has 1 aromatic heterocycles. The van der Waals surface area contributed by atoms with Crippen LogP contribution in [0.1, 0.15) is 19.9 Å².